The topological polar surface area (TPSA) is 28.2 Å². The third kappa shape index (κ3) is 3.45. The smallest absolute Gasteiger partial charge is 0.185 e. The molecule has 0 radical (unpaired) electrons. The summed E-state index contributed by atoms with van der Waals surface area (Å²) in [7, 11) is 0. The number of rotatable bonds is 6. The van der Waals surface area contributed by atoms with Crippen LogP contribution in [0, 0.1) is 13.8 Å². The zero-order valence-electron chi connectivity index (χ0n) is 11.8. The molecule has 102 valence electrons. The Labute approximate surface area is 115 Å². The fourth-order valence-electron chi connectivity index (χ4n) is 2.38. The number of aromatic nitrogens is 1. The molecule has 1 aromatic heterocycles. The first-order valence-electron chi connectivity index (χ1n) is 7.13. The van der Waals surface area contributed by atoms with Crippen molar-refractivity contribution in [2.24, 2.45) is 0 Å². The van der Waals surface area contributed by atoms with Crippen LogP contribution in [0.5, 0.6) is 0 Å². The number of hydrogen-bond donors (Lipinski definition) is 1. The predicted molar refractivity (Wildman–Crippen MR) is 79.7 cm³/mol. The van der Waals surface area contributed by atoms with Gasteiger partial charge in [-0.2, -0.15) is 0 Å². The minimum absolute atomic E-state index is 0.659. The monoisotopic (exact) mass is 267 g/mol. The number of aryl methyl sites for hydroxylation is 2. The molecule has 1 aliphatic heterocycles. The minimum atomic E-state index is 0.659. The Morgan fingerprint density at radius 2 is 2.28 bits per heavy atom. The van der Waals surface area contributed by atoms with E-state index in [1.807, 2.05) is 11.3 Å². The Kier molecular flexibility index (Phi) is 5.01. The average Bonchev–Trinajstić information content (AvgIpc) is 2.96. The molecule has 2 rings (SSSR count). The standard InChI is InChI=1S/C14H25N3S/c1-4-5-9-17(10-13-7-6-8-15-13)14-16-11(2)12(3)18-14/h13,15H,4-10H2,1-3H3. The van der Waals surface area contributed by atoms with E-state index in [9.17, 15) is 0 Å². The molecule has 1 N–H and O–H groups in total. The van der Waals surface area contributed by atoms with Crippen molar-refractivity contribution in [1.29, 1.82) is 0 Å². The zero-order chi connectivity index (χ0) is 13.0. The van der Waals surface area contributed by atoms with Gasteiger partial charge >= 0.3 is 0 Å². The molecule has 3 nitrogen and oxygen atoms in total. The molecule has 4 heteroatoms. The van der Waals surface area contributed by atoms with Gasteiger partial charge in [-0.05, 0) is 39.7 Å². The van der Waals surface area contributed by atoms with E-state index in [0.717, 1.165) is 13.1 Å². The van der Waals surface area contributed by atoms with E-state index in [0.29, 0.717) is 6.04 Å². The highest BCUT2D eigenvalue weighted by molar-refractivity contribution is 7.15. The third-order valence-electron chi connectivity index (χ3n) is 3.67. The Hall–Kier alpha value is -0.610. The first-order valence-corrected chi connectivity index (χ1v) is 7.94. The van der Waals surface area contributed by atoms with Crippen LogP contribution in [0.3, 0.4) is 0 Å². The molecule has 0 aliphatic carbocycles. The second-order valence-electron chi connectivity index (χ2n) is 5.23. The number of anilines is 1. The molecule has 0 aromatic carbocycles. The van der Waals surface area contributed by atoms with E-state index in [4.69, 9.17) is 4.98 Å². The van der Waals surface area contributed by atoms with Crippen LogP contribution in [-0.4, -0.2) is 30.7 Å². The van der Waals surface area contributed by atoms with E-state index in [-0.39, 0.29) is 0 Å². The van der Waals surface area contributed by atoms with Crippen LogP contribution in [0.25, 0.3) is 0 Å². The SMILES string of the molecule is CCCCN(CC1CCCN1)c1nc(C)c(C)s1. The summed E-state index contributed by atoms with van der Waals surface area (Å²) in [5.41, 5.74) is 1.19. The maximum absolute atomic E-state index is 4.72. The fraction of sp³-hybridized carbons (Fsp3) is 0.786. The first-order chi connectivity index (χ1) is 8.70. The van der Waals surface area contributed by atoms with Gasteiger partial charge < -0.3 is 10.2 Å². The minimum Gasteiger partial charge on any atom is -0.347 e. The number of thiazole rings is 1. The van der Waals surface area contributed by atoms with E-state index in [2.05, 4.69) is 31.0 Å². The molecule has 1 aromatic rings. The van der Waals surface area contributed by atoms with Gasteiger partial charge in [0.2, 0.25) is 0 Å². The molecule has 0 amide bonds. The van der Waals surface area contributed by atoms with Gasteiger partial charge in [0.25, 0.3) is 0 Å². The molecular formula is C14H25N3S. The number of nitrogens with zero attached hydrogens (tertiary/aromatic N) is 2. The fourth-order valence-corrected chi connectivity index (χ4v) is 3.33. The van der Waals surface area contributed by atoms with Gasteiger partial charge in [0.05, 0.1) is 5.69 Å². The summed E-state index contributed by atoms with van der Waals surface area (Å²) in [6.07, 6.45) is 5.14. The summed E-state index contributed by atoms with van der Waals surface area (Å²) >= 11 is 1.84. The summed E-state index contributed by atoms with van der Waals surface area (Å²) < 4.78 is 0. The largest absolute Gasteiger partial charge is 0.347 e. The number of hydrogen-bond acceptors (Lipinski definition) is 4. The Morgan fingerprint density at radius 1 is 1.44 bits per heavy atom. The highest BCUT2D eigenvalue weighted by atomic mass is 32.1. The third-order valence-corrected chi connectivity index (χ3v) is 4.81. The van der Waals surface area contributed by atoms with Crippen molar-refractivity contribution >= 4 is 16.5 Å². The Balaban J connectivity index is 2.03. The summed E-state index contributed by atoms with van der Waals surface area (Å²) in [5, 5.41) is 4.80. The van der Waals surface area contributed by atoms with Gasteiger partial charge in [-0.1, -0.05) is 13.3 Å². The van der Waals surface area contributed by atoms with Crippen molar-refractivity contribution in [2.75, 3.05) is 24.5 Å². The van der Waals surface area contributed by atoms with Crippen molar-refractivity contribution in [3.63, 3.8) is 0 Å². The van der Waals surface area contributed by atoms with Gasteiger partial charge in [0.15, 0.2) is 5.13 Å². The normalized spacial score (nSPS) is 19.4. The van der Waals surface area contributed by atoms with Crippen molar-refractivity contribution < 1.29 is 0 Å². The van der Waals surface area contributed by atoms with Gasteiger partial charge in [-0.3, -0.25) is 0 Å². The zero-order valence-corrected chi connectivity index (χ0v) is 12.6. The van der Waals surface area contributed by atoms with E-state index >= 15 is 0 Å². The Bertz CT molecular complexity index is 350. The highest BCUT2D eigenvalue weighted by Crippen LogP contribution is 2.26. The van der Waals surface area contributed by atoms with Gasteiger partial charge in [-0.15, -0.1) is 11.3 Å². The van der Waals surface area contributed by atoms with Crippen LogP contribution in [-0.2, 0) is 0 Å². The summed E-state index contributed by atoms with van der Waals surface area (Å²) in [6.45, 7) is 9.98. The van der Waals surface area contributed by atoms with Crippen LogP contribution in [0.1, 0.15) is 43.2 Å². The van der Waals surface area contributed by atoms with Crippen molar-refractivity contribution in [3.05, 3.63) is 10.6 Å². The molecule has 0 spiro atoms. The lowest BCUT2D eigenvalue weighted by molar-refractivity contribution is 0.571. The van der Waals surface area contributed by atoms with Gasteiger partial charge in [-0.25, -0.2) is 4.98 Å². The molecule has 1 saturated heterocycles. The lowest BCUT2D eigenvalue weighted by Gasteiger charge is -2.25. The second-order valence-corrected chi connectivity index (χ2v) is 6.41. The lowest BCUT2D eigenvalue weighted by atomic mass is 10.2. The van der Waals surface area contributed by atoms with Crippen LogP contribution in [0.4, 0.5) is 5.13 Å². The molecule has 1 unspecified atom stereocenters. The van der Waals surface area contributed by atoms with E-state index < -0.39 is 0 Å². The van der Waals surface area contributed by atoms with E-state index in [1.54, 1.807) is 0 Å². The Morgan fingerprint density at radius 3 is 2.83 bits per heavy atom. The number of unbranched alkanes of at least 4 members (excludes halogenated alkanes) is 1. The highest BCUT2D eigenvalue weighted by Gasteiger charge is 2.20. The molecule has 1 atom stereocenters. The predicted octanol–water partition coefficient (Wildman–Crippen LogP) is 3.12. The van der Waals surface area contributed by atoms with Crippen LogP contribution in [0.2, 0.25) is 0 Å². The molecule has 1 fully saturated rings. The van der Waals surface area contributed by atoms with Crippen molar-refractivity contribution in [2.45, 2.75) is 52.5 Å². The summed E-state index contributed by atoms with van der Waals surface area (Å²) in [6, 6.07) is 0.659. The maximum Gasteiger partial charge on any atom is 0.185 e. The average molecular weight is 267 g/mol. The van der Waals surface area contributed by atoms with Crippen molar-refractivity contribution in [1.82, 2.24) is 10.3 Å². The maximum atomic E-state index is 4.72. The van der Waals surface area contributed by atoms with E-state index in [1.165, 1.54) is 47.9 Å². The van der Waals surface area contributed by atoms with Crippen LogP contribution >= 0.6 is 11.3 Å². The van der Waals surface area contributed by atoms with Crippen LogP contribution in [0.15, 0.2) is 0 Å². The molecule has 2 heterocycles. The van der Waals surface area contributed by atoms with Crippen molar-refractivity contribution in [3.8, 4) is 0 Å². The van der Waals surface area contributed by atoms with Gasteiger partial charge in [0.1, 0.15) is 0 Å². The van der Waals surface area contributed by atoms with Crippen LogP contribution < -0.4 is 10.2 Å². The number of nitrogens with one attached hydrogen (secondary N) is 1. The molecule has 0 bridgehead atoms. The lowest BCUT2D eigenvalue weighted by Crippen LogP contribution is -2.38. The van der Waals surface area contributed by atoms with Gasteiger partial charge in [0, 0.05) is 24.0 Å². The molecule has 18 heavy (non-hydrogen) atoms. The molecule has 1 aliphatic rings. The summed E-state index contributed by atoms with van der Waals surface area (Å²) in [5.74, 6) is 0. The molecule has 0 saturated carbocycles. The second kappa shape index (κ2) is 6.53. The first kappa shape index (κ1) is 13.8. The summed E-state index contributed by atoms with van der Waals surface area (Å²) in [4.78, 5) is 8.56. The quantitative estimate of drug-likeness (QED) is 0.858. The molecular weight excluding hydrogens is 242 g/mol.